The molecule has 0 bridgehead atoms. The summed E-state index contributed by atoms with van der Waals surface area (Å²) in [5.41, 5.74) is 0.538. The van der Waals surface area contributed by atoms with Gasteiger partial charge in [-0.05, 0) is 37.9 Å². The van der Waals surface area contributed by atoms with Gasteiger partial charge in [-0.25, -0.2) is 4.39 Å². The lowest BCUT2D eigenvalue weighted by Gasteiger charge is -2.21. The lowest BCUT2D eigenvalue weighted by molar-refractivity contribution is -0.122. The summed E-state index contributed by atoms with van der Waals surface area (Å²) < 4.78 is 13.3. The van der Waals surface area contributed by atoms with Crippen molar-refractivity contribution in [3.8, 4) is 0 Å². The zero-order valence-electron chi connectivity index (χ0n) is 10.8. The number of amides is 1. The molecule has 0 aliphatic carbocycles. The van der Waals surface area contributed by atoms with Gasteiger partial charge in [0.05, 0.1) is 0 Å². The van der Waals surface area contributed by atoms with E-state index in [0.29, 0.717) is 17.9 Å². The molecule has 106 valence electrons. The monoisotopic (exact) mass is 286 g/mol. The molecule has 19 heavy (non-hydrogen) atoms. The average molecular weight is 287 g/mol. The smallest absolute Gasteiger partial charge is 0.220 e. The van der Waals surface area contributed by atoms with Gasteiger partial charge < -0.3 is 10.6 Å². The summed E-state index contributed by atoms with van der Waals surface area (Å²) in [5, 5.41) is 6.06. The maximum absolute atomic E-state index is 13.3. The fraction of sp³-hybridized carbons (Fsp3) is 0.500. The van der Waals surface area contributed by atoms with Crippen LogP contribution >= 0.6 is 12.4 Å². The molecule has 1 aliphatic rings. The van der Waals surface area contributed by atoms with Crippen LogP contribution < -0.4 is 10.6 Å². The number of nitrogens with one attached hydrogen (secondary N) is 2. The summed E-state index contributed by atoms with van der Waals surface area (Å²) in [7, 11) is 0. The first-order chi connectivity index (χ1) is 8.75. The van der Waals surface area contributed by atoms with Crippen LogP contribution in [0.2, 0.25) is 0 Å². The Bertz CT molecular complexity index is 408. The molecule has 2 N–H and O–H groups in total. The minimum atomic E-state index is -0.264. The van der Waals surface area contributed by atoms with Crippen LogP contribution in [-0.4, -0.2) is 19.0 Å². The molecular weight excluding hydrogens is 267 g/mol. The number of carbonyl (C=O) groups is 1. The SMILES string of the molecule is Cl.O=C(CC1CCNCC1)NCc1ccccc1F. The van der Waals surface area contributed by atoms with Crippen molar-refractivity contribution >= 4 is 18.3 Å². The van der Waals surface area contributed by atoms with Gasteiger partial charge in [0.2, 0.25) is 5.91 Å². The molecule has 1 amide bonds. The normalized spacial score (nSPS) is 15.6. The van der Waals surface area contributed by atoms with Crippen molar-refractivity contribution in [2.24, 2.45) is 5.92 Å². The van der Waals surface area contributed by atoms with Gasteiger partial charge in [0.25, 0.3) is 0 Å². The van der Waals surface area contributed by atoms with Gasteiger partial charge >= 0.3 is 0 Å². The van der Waals surface area contributed by atoms with Crippen molar-refractivity contribution < 1.29 is 9.18 Å². The lowest BCUT2D eigenvalue weighted by Crippen LogP contribution is -2.32. The number of benzene rings is 1. The van der Waals surface area contributed by atoms with Gasteiger partial charge in [-0.2, -0.15) is 0 Å². The van der Waals surface area contributed by atoms with Crippen LogP contribution in [0, 0.1) is 11.7 Å². The molecule has 3 nitrogen and oxygen atoms in total. The Kier molecular flexibility index (Phi) is 6.81. The second kappa shape index (κ2) is 8.12. The van der Waals surface area contributed by atoms with Crippen molar-refractivity contribution in [1.29, 1.82) is 0 Å². The highest BCUT2D eigenvalue weighted by Gasteiger charge is 2.16. The van der Waals surface area contributed by atoms with Gasteiger partial charge in [0, 0.05) is 18.5 Å². The number of halogens is 2. The first-order valence-electron chi connectivity index (χ1n) is 6.46. The van der Waals surface area contributed by atoms with E-state index in [-0.39, 0.29) is 30.7 Å². The molecule has 0 radical (unpaired) electrons. The highest BCUT2D eigenvalue weighted by Crippen LogP contribution is 2.15. The van der Waals surface area contributed by atoms with Crippen molar-refractivity contribution in [2.75, 3.05) is 13.1 Å². The Labute approximate surface area is 119 Å². The Morgan fingerprint density at radius 1 is 1.32 bits per heavy atom. The Morgan fingerprint density at radius 2 is 2.00 bits per heavy atom. The maximum Gasteiger partial charge on any atom is 0.220 e. The zero-order chi connectivity index (χ0) is 12.8. The van der Waals surface area contributed by atoms with Crippen LogP contribution in [0.15, 0.2) is 24.3 Å². The summed E-state index contributed by atoms with van der Waals surface area (Å²) in [6.45, 7) is 2.26. The van der Waals surface area contributed by atoms with Gasteiger partial charge in [-0.3, -0.25) is 4.79 Å². The van der Waals surface area contributed by atoms with Crippen LogP contribution in [0.3, 0.4) is 0 Å². The van der Waals surface area contributed by atoms with E-state index in [1.54, 1.807) is 18.2 Å². The topological polar surface area (TPSA) is 41.1 Å². The summed E-state index contributed by atoms with van der Waals surface area (Å²) in [6.07, 6.45) is 2.65. The molecule has 0 spiro atoms. The Balaban J connectivity index is 0.00000180. The molecule has 5 heteroatoms. The molecule has 1 aliphatic heterocycles. The number of hydrogen-bond donors (Lipinski definition) is 2. The molecule has 1 heterocycles. The quantitative estimate of drug-likeness (QED) is 0.891. The third-order valence-electron chi connectivity index (χ3n) is 3.37. The van der Waals surface area contributed by atoms with E-state index in [0.717, 1.165) is 25.9 Å². The van der Waals surface area contributed by atoms with Gasteiger partial charge in [-0.1, -0.05) is 18.2 Å². The van der Waals surface area contributed by atoms with Crippen LogP contribution in [0.5, 0.6) is 0 Å². The van der Waals surface area contributed by atoms with E-state index in [2.05, 4.69) is 10.6 Å². The molecule has 0 aromatic heterocycles. The number of hydrogen-bond acceptors (Lipinski definition) is 2. The fourth-order valence-corrected chi connectivity index (χ4v) is 2.26. The average Bonchev–Trinajstić information content (AvgIpc) is 2.39. The van der Waals surface area contributed by atoms with E-state index < -0.39 is 0 Å². The molecular formula is C14H20ClFN2O. The summed E-state index contributed by atoms with van der Waals surface area (Å²) in [5.74, 6) is 0.219. The fourth-order valence-electron chi connectivity index (χ4n) is 2.26. The molecule has 0 atom stereocenters. The third-order valence-corrected chi connectivity index (χ3v) is 3.37. The molecule has 1 aromatic carbocycles. The Morgan fingerprint density at radius 3 is 2.68 bits per heavy atom. The predicted octanol–water partition coefficient (Wildman–Crippen LogP) is 2.25. The van der Waals surface area contributed by atoms with Gasteiger partial charge in [0.15, 0.2) is 0 Å². The van der Waals surface area contributed by atoms with Crippen LogP contribution in [0.25, 0.3) is 0 Å². The molecule has 0 unspecified atom stereocenters. The standard InChI is InChI=1S/C14H19FN2O.ClH/c15-13-4-2-1-3-12(13)10-17-14(18)9-11-5-7-16-8-6-11;/h1-4,11,16H,5-10H2,(H,17,18);1H. The van der Waals surface area contributed by atoms with E-state index in [4.69, 9.17) is 0 Å². The molecule has 2 rings (SSSR count). The Hall–Kier alpha value is -1.13. The van der Waals surface area contributed by atoms with Crippen LogP contribution in [0.1, 0.15) is 24.8 Å². The number of rotatable bonds is 4. The molecule has 1 saturated heterocycles. The minimum absolute atomic E-state index is 0. The summed E-state index contributed by atoms with van der Waals surface area (Å²) in [4.78, 5) is 11.7. The predicted molar refractivity (Wildman–Crippen MR) is 75.7 cm³/mol. The van der Waals surface area contributed by atoms with Crippen molar-refractivity contribution in [1.82, 2.24) is 10.6 Å². The highest BCUT2D eigenvalue weighted by molar-refractivity contribution is 5.85. The first-order valence-corrected chi connectivity index (χ1v) is 6.46. The second-order valence-electron chi connectivity index (χ2n) is 4.77. The van der Waals surface area contributed by atoms with Gasteiger partial charge in [-0.15, -0.1) is 12.4 Å². The summed E-state index contributed by atoms with van der Waals surface area (Å²) in [6, 6.07) is 6.53. The molecule has 1 fully saturated rings. The van der Waals surface area contributed by atoms with Crippen molar-refractivity contribution in [3.05, 3.63) is 35.6 Å². The zero-order valence-corrected chi connectivity index (χ0v) is 11.6. The second-order valence-corrected chi connectivity index (χ2v) is 4.77. The lowest BCUT2D eigenvalue weighted by atomic mass is 9.94. The number of carbonyl (C=O) groups excluding carboxylic acids is 1. The van der Waals surface area contributed by atoms with Crippen molar-refractivity contribution in [3.63, 3.8) is 0 Å². The minimum Gasteiger partial charge on any atom is -0.352 e. The van der Waals surface area contributed by atoms with Crippen LogP contribution in [-0.2, 0) is 11.3 Å². The molecule has 1 aromatic rings. The van der Waals surface area contributed by atoms with E-state index in [1.165, 1.54) is 6.07 Å². The highest BCUT2D eigenvalue weighted by atomic mass is 35.5. The largest absolute Gasteiger partial charge is 0.352 e. The maximum atomic E-state index is 13.3. The third kappa shape index (κ3) is 5.17. The summed E-state index contributed by atoms with van der Waals surface area (Å²) >= 11 is 0. The first kappa shape index (κ1) is 15.9. The van der Waals surface area contributed by atoms with E-state index in [1.807, 2.05) is 0 Å². The van der Waals surface area contributed by atoms with Crippen molar-refractivity contribution in [2.45, 2.75) is 25.8 Å². The van der Waals surface area contributed by atoms with E-state index >= 15 is 0 Å². The number of piperidine rings is 1. The van der Waals surface area contributed by atoms with Crippen LogP contribution in [0.4, 0.5) is 4.39 Å². The van der Waals surface area contributed by atoms with E-state index in [9.17, 15) is 9.18 Å². The molecule has 0 saturated carbocycles. The van der Waals surface area contributed by atoms with Gasteiger partial charge in [0.1, 0.15) is 5.82 Å².